The molecule has 0 unspecified atom stereocenters. The molecule has 6 heteroatoms. The predicted octanol–water partition coefficient (Wildman–Crippen LogP) is 6.12. The maximum absolute atomic E-state index is 13.0. The van der Waals surface area contributed by atoms with Gasteiger partial charge in [0.05, 0.1) is 14.8 Å². The Kier molecular flexibility index (Phi) is 5.74. The molecule has 0 saturated heterocycles. The lowest BCUT2D eigenvalue weighted by molar-refractivity contribution is 0.595. The molecule has 3 aromatic carbocycles. The molecule has 0 amide bonds. The van der Waals surface area contributed by atoms with E-state index in [0.29, 0.717) is 20.7 Å². The van der Waals surface area contributed by atoms with Crippen molar-refractivity contribution in [2.75, 3.05) is 0 Å². The fourth-order valence-electron chi connectivity index (χ4n) is 2.34. The van der Waals surface area contributed by atoms with Crippen LogP contribution in [0.25, 0.3) is 0 Å². The van der Waals surface area contributed by atoms with Gasteiger partial charge in [0.15, 0.2) is 0 Å². The van der Waals surface area contributed by atoms with Crippen molar-refractivity contribution in [1.82, 2.24) is 0 Å². The minimum Gasteiger partial charge on any atom is -0.219 e. The fraction of sp³-hybridized carbons (Fsp3) is 0.0526. The predicted molar refractivity (Wildman–Crippen MR) is 104 cm³/mol. The molecule has 0 radical (unpaired) electrons. The standard InChI is InChI=1S/C19H14Cl2O2S2/c20-15-9-11-16(12-10-15)25(22,23)19-8-4-1-5-14(19)13-24-18-7-3-2-6-17(18)21/h1-12H,13H2. The van der Waals surface area contributed by atoms with Crippen molar-refractivity contribution in [3.05, 3.63) is 88.4 Å². The molecule has 0 spiro atoms. The number of hydrogen-bond acceptors (Lipinski definition) is 3. The monoisotopic (exact) mass is 408 g/mol. The molecule has 0 N–H and O–H groups in total. The summed E-state index contributed by atoms with van der Waals surface area (Å²) in [5.74, 6) is 0.507. The summed E-state index contributed by atoms with van der Waals surface area (Å²) in [6.07, 6.45) is 0. The van der Waals surface area contributed by atoms with Crippen molar-refractivity contribution >= 4 is 44.8 Å². The smallest absolute Gasteiger partial charge is 0.206 e. The summed E-state index contributed by atoms with van der Waals surface area (Å²) in [5, 5.41) is 1.16. The summed E-state index contributed by atoms with van der Waals surface area (Å²) in [4.78, 5) is 1.45. The molecule has 0 aliphatic heterocycles. The first-order valence-corrected chi connectivity index (χ1v) is 10.7. The Hall–Kier alpha value is -1.46. The number of halogens is 2. The Labute approximate surface area is 161 Å². The lowest BCUT2D eigenvalue weighted by atomic mass is 10.2. The molecule has 128 valence electrons. The highest BCUT2D eigenvalue weighted by atomic mass is 35.5. The number of sulfone groups is 1. The van der Waals surface area contributed by atoms with E-state index in [0.717, 1.165) is 10.5 Å². The Morgan fingerprint density at radius 1 is 0.800 bits per heavy atom. The van der Waals surface area contributed by atoms with Gasteiger partial charge < -0.3 is 0 Å². The molecule has 0 atom stereocenters. The Balaban J connectivity index is 1.93. The summed E-state index contributed by atoms with van der Waals surface area (Å²) < 4.78 is 25.9. The van der Waals surface area contributed by atoms with Crippen molar-refractivity contribution in [3.8, 4) is 0 Å². The van der Waals surface area contributed by atoms with Gasteiger partial charge in [0, 0.05) is 15.7 Å². The molecule has 0 fully saturated rings. The van der Waals surface area contributed by atoms with Crippen LogP contribution in [-0.4, -0.2) is 8.42 Å². The van der Waals surface area contributed by atoms with Crippen LogP contribution < -0.4 is 0 Å². The molecule has 0 aliphatic rings. The van der Waals surface area contributed by atoms with Gasteiger partial charge in [-0.3, -0.25) is 0 Å². The zero-order chi connectivity index (χ0) is 17.9. The van der Waals surface area contributed by atoms with Crippen LogP contribution in [0.4, 0.5) is 0 Å². The number of hydrogen-bond donors (Lipinski definition) is 0. The van der Waals surface area contributed by atoms with E-state index in [1.54, 1.807) is 24.3 Å². The maximum atomic E-state index is 13.0. The summed E-state index contributed by atoms with van der Waals surface area (Å²) in [7, 11) is -3.61. The van der Waals surface area contributed by atoms with Crippen LogP contribution >= 0.6 is 35.0 Å². The van der Waals surface area contributed by atoms with Gasteiger partial charge in [0.1, 0.15) is 0 Å². The van der Waals surface area contributed by atoms with Crippen molar-refractivity contribution in [2.24, 2.45) is 0 Å². The van der Waals surface area contributed by atoms with Crippen molar-refractivity contribution < 1.29 is 8.42 Å². The second-order valence-electron chi connectivity index (χ2n) is 5.28. The zero-order valence-electron chi connectivity index (χ0n) is 13.0. The van der Waals surface area contributed by atoms with Crippen LogP contribution in [0, 0.1) is 0 Å². The molecule has 0 aromatic heterocycles. The fourth-order valence-corrected chi connectivity index (χ4v) is 5.29. The van der Waals surface area contributed by atoms with Crippen molar-refractivity contribution in [2.45, 2.75) is 20.4 Å². The van der Waals surface area contributed by atoms with E-state index in [1.807, 2.05) is 36.4 Å². The molecular weight excluding hydrogens is 395 g/mol. The van der Waals surface area contributed by atoms with E-state index in [2.05, 4.69) is 0 Å². The highest BCUT2D eigenvalue weighted by Crippen LogP contribution is 2.33. The summed E-state index contributed by atoms with van der Waals surface area (Å²) in [6.45, 7) is 0. The van der Waals surface area contributed by atoms with Gasteiger partial charge in [-0.05, 0) is 48.0 Å². The lowest BCUT2D eigenvalue weighted by Crippen LogP contribution is -2.05. The first-order chi connectivity index (χ1) is 12.0. The highest BCUT2D eigenvalue weighted by Gasteiger charge is 2.21. The summed E-state index contributed by atoms with van der Waals surface area (Å²) in [6, 6.07) is 20.7. The van der Waals surface area contributed by atoms with Crippen molar-refractivity contribution in [1.29, 1.82) is 0 Å². The average Bonchev–Trinajstić information content (AvgIpc) is 2.62. The van der Waals surface area contributed by atoms with Crippen LogP contribution in [0.2, 0.25) is 10.0 Å². The van der Waals surface area contributed by atoms with Crippen LogP contribution in [-0.2, 0) is 15.6 Å². The second kappa shape index (κ2) is 7.83. The van der Waals surface area contributed by atoms with Crippen LogP contribution in [0.15, 0.2) is 87.5 Å². The van der Waals surface area contributed by atoms with Gasteiger partial charge in [-0.2, -0.15) is 0 Å². The average molecular weight is 409 g/mol. The van der Waals surface area contributed by atoms with E-state index in [1.165, 1.54) is 23.9 Å². The Morgan fingerprint density at radius 3 is 2.16 bits per heavy atom. The third kappa shape index (κ3) is 4.21. The van der Waals surface area contributed by atoms with Gasteiger partial charge in [-0.1, -0.05) is 53.5 Å². The van der Waals surface area contributed by atoms with Gasteiger partial charge in [0.25, 0.3) is 0 Å². The number of thioether (sulfide) groups is 1. The third-order valence-corrected chi connectivity index (χ3v) is 7.29. The number of benzene rings is 3. The van der Waals surface area contributed by atoms with Gasteiger partial charge in [-0.15, -0.1) is 11.8 Å². The first kappa shape index (κ1) is 18.3. The lowest BCUT2D eigenvalue weighted by Gasteiger charge is -2.11. The van der Waals surface area contributed by atoms with Gasteiger partial charge in [0.2, 0.25) is 9.84 Å². The molecule has 0 aliphatic carbocycles. The van der Waals surface area contributed by atoms with E-state index in [4.69, 9.17) is 23.2 Å². The van der Waals surface area contributed by atoms with E-state index in [-0.39, 0.29) is 4.90 Å². The second-order valence-corrected chi connectivity index (χ2v) is 9.06. The van der Waals surface area contributed by atoms with Gasteiger partial charge in [-0.25, -0.2) is 8.42 Å². The molecule has 25 heavy (non-hydrogen) atoms. The first-order valence-electron chi connectivity index (χ1n) is 7.44. The number of rotatable bonds is 5. The van der Waals surface area contributed by atoms with Crippen molar-refractivity contribution in [3.63, 3.8) is 0 Å². The topological polar surface area (TPSA) is 34.1 Å². The minimum atomic E-state index is -3.61. The molecule has 0 saturated carbocycles. The zero-order valence-corrected chi connectivity index (χ0v) is 16.2. The van der Waals surface area contributed by atoms with Crippen LogP contribution in [0.5, 0.6) is 0 Å². The maximum Gasteiger partial charge on any atom is 0.206 e. The highest BCUT2D eigenvalue weighted by molar-refractivity contribution is 7.98. The van der Waals surface area contributed by atoms with Crippen LogP contribution in [0.1, 0.15) is 5.56 Å². The molecule has 0 bridgehead atoms. The Morgan fingerprint density at radius 2 is 1.44 bits per heavy atom. The molecular formula is C19H14Cl2O2S2. The van der Waals surface area contributed by atoms with E-state index < -0.39 is 9.84 Å². The van der Waals surface area contributed by atoms with Crippen LogP contribution in [0.3, 0.4) is 0 Å². The summed E-state index contributed by atoms with van der Waals surface area (Å²) >= 11 is 13.6. The Bertz CT molecular complexity index is 984. The minimum absolute atomic E-state index is 0.229. The van der Waals surface area contributed by atoms with E-state index in [9.17, 15) is 8.42 Å². The third-order valence-electron chi connectivity index (χ3n) is 3.61. The largest absolute Gasteiger partial charge is 0.219 e. The molecule has 0 heterocycles. The SMILES string of the molecule is O=S(=O)(c1ccc(Cl)cc1)c1ccccc1CSc1ccccc1Cl. The van der Waals surface area contributed by atoms with Gasteiger partial charge >= 0.3 is 0 Å². The normalized spacial score (nSPS) is 11.4. The molecule has 2 nitrogen and oxygen atoms in total. The molecule has 3 aromatic rings. The quantitative estimate of drug-likeness (QED) is 0.476. The molecule has 3 rings (SSSR count). The van der Waals surface area contributed by atoms with E-state index >= 15 is 0 Å². The summed E-state index contributed by atoms with van der Waals surface area (Å²) in [5.41, 5.74) is 0.738.